The van der Waals surface area contributed by atoms with E-state index in [4.69, 9.17) is 9.47 Å². The first kappa shape index (κ1) is 12.8. The molecule has 0 aliphatic heterocycles. The molecule has 0 aliphatic carbocycles. The average Bonchev–Trinajstić information content (AvgIpc) is 2.29. The second-order valence-corrected chi connectivity index (χ2v) is 3.77. The minimum absolute atomic E-state index is 0.0460. The van der Waals surface area contributed by atoms with E-state index < -0.39 is 4.92 Å². The summed E-state index contributed by atoms with van der Waals surface area (Å²) in [5, 5.41) is 11.5. The Bertz CT molecular complexity index is 370. The molecular weight excluding hydrogens is 278 g/mol. The number of benzene rings is 1. The molecule has 0 fully saturated rings. The quantitative estimate of drug-likeness (QED) is 0.350. The number of ether oxygens (including phenoxy) is 2. The molecule has 0 saturated carbocycles. The topological polar surface area (TPSA) is 61.6 Å². The highest BCUT2D eigenvalue weighted by atomic mass is 79.9. The predicted octanol–water partition coefficient (Wildman–Crippen LogP) is 2.77. The normalized spacial score (nSPS) is 9.88. The summed E-state index contributed by atoms with van der Waals surface area (Å²) >= 11 is 3.26. The first-order valence-electron chi connectivity index (χ1n) is 4.70. The maximum atomic E-state index is 10.7. The van der Waals surface area contributed by atoms with Crippen LogP contribution in [0.25, 0.3) is 0 Å². The highest BCUT2D eigenvalue weighted by Gasteiger charge is 2.15. The van der Waals surface area contributed by atoms with E-state index in [1.54, 1.807) is 0 Å². The molecule has 0 unspecified atom stereocenters. The van der Waals surface area contributed by atoms with E-state index >= 15 is 0 Å². The van der Waals surface area contributed by atoms with Gasteiger partial charge in [0.1, 0.15) is 5.75 Å². The van der Waals surface area contributed by atoms with Gasteiger partial charge in [-0.15, -0.1) is 0 Å². The van der Waals surface area contributed by atoms with Crippen molar-refractivity contribution in [2.75, 3.05) is 19.0 Å². The number of nitro benzene ring substituents is 1. The van der Waals surface area contributed by atoms with Crippen molar-refractivity contribution in [2.24, 2.45) is 0 Å². The van der Waals surface area contributed by atoms with Crippen LogP contribution >= 0.6 is 15.9 Å². The monoisotopic (exact) mass is 289 g/mol. The Hall–Kier alpha value is -1.30. The molecule has 0 radical (unpaired) electrons. The Morgan fingerprint density at radius 3 is 2.81 bits per heavy atom. The summed E-state index contributed by atoms with van der Waals surface area (Å²) in [5.41, 5.74) is -0.0460. The zero-order valence-electron chi connectivity index (χ0n) is 8.81. The first-order chi connectivity index (χ1) is 7.69. The number of methoxy groups -OCH3 is 1. The van der Waals surface area contributed by atoms with E-state index in [2.05, 4.69) is 15.9 Å². The number of rotatable bonds is 6. The molecule has 0 amide bonds. The van der Waals surface area contributed by atoms with Gasteiger partial charge in [0, 0.05) is 17.5 Å². The van der Waals surface area contributed by atoms with E-state index in [0.717, 1.165) is 11.8 Å². The van der Waals surface area contributed by atoms with Crippen molar-refractivity contribution in [3.05, 3.63) is 28.3 Å². The Morgan fingerprint density at radius 1 is 1.50 bits per heavy atom. The van der Waals surface area contributed by atoms with Gasteiger partial charge in [0.15, 0.2) is 0 Å². The predicted molar refractivity (Wildman–Crippen MR) is 63.6 cm³/mol. The third-order valence-corrected chi connectivity index (χ3v) is 2.46. The molecule has 0 atom stereocenters. The van der Waals surface area contributed by atoms with Gasteiger partial charge in [0.05, 0.1) is 18.6 Å². The molecule has 16 heavy (non-hydrogen) atoms. The second kappa shape index (κ2) is 6.32. The van der Waals surface area contributed by atoms with Crippen molar-refractivity contribution in [2.45, 2.75) is 6.42 Å². The number of hydrogen-bond acceptors (Lipinski definition) is 4. The third-order valence-electron chi connectivity index (χ3n) is 1.90. The Labute approximate surface area is 102 Å². The lowest BCUT2D eigenvalue weighted by atomic mass is 10.3. The summed E-state index contributed by atoms with van der Waals surface area (Å²) in [7, 11) is 1.50. The van der Waals surface area contributed by atoms with E-state index in [1.807, 2.05) is 0 Å². The molecule has 0 aliphatic rings. The van der Waals surface area contributed by atoms with Crippen molar-refractivity contribution in [3.63, 3.8) is 0 Å². The molecule has 0 N–H and O–H groups in total. The van der Waals surface area contributed by atoms with Gasteiger partial charge in [-0.2, -0.15) is 0 Å². The van der Waals surface area contributed by atoms with Crippen LogP contribution in [0.1, 0.15) is 6.42 Å². The lowest BCUT2D eigenvalue weighted by Gasteiger charge is -2.07. The molecule has 1 aromatic rings. The zero-order chi connectivity index (χ0) is 12.0. The minimum atomic E-state index is -0.469. The molecular formula is C10H12BrNO4. The van der Waals surface area contributed by atoms with Crippen LogP contribution in [0.5, 0.6) is 11.5 Å². The summed E-state index contributed by atoms with van der Waals surface area (Å²) in [5.74, 6) is 0.782. The van der Waals surface area contributed by atoms with Crippen LogP contribution in [0.3, 0.4) is 0 Å². The van der Waals surface area contributed by atoms with Crippen LogP contribution in [0.4, 0.5) is 5.69 Å². The molecule has 5 nitrogen and oxygen atoms in total. The van der Waals surface area contributed by atoms with Crippen LogP contribution in [-0.2, 0) is 0 Å². The lowest BCUT2D eigenvalue weighted by Crippen LogP contribution is -2.01. The SMILES string of the molecule is COc1ccc([N+](=O)[O-])c(OCCCBr)c1. The second-order valence-electron chi connectivity index (χ2n) is 2.98. The highest BCUT2D eigenvalue weighted by Crippen LogP contribution is 2.31. The zero-order valence-corrected chi connectivity index (χ0v) is 10.4. The highest BCUT2D eigenvalue weighted by molar-refractivity contribution is 9.09. The molecule has 88 valence electrons. The van der Waals surface area contributed by atoms with Crippen molar-refractivity contribution >= 4 is 21.6 Å². The molecule has 0 bridgehead atoms. The summed E-state index contributed by atoms with van der Waals surface area (Å²) in [4.78, 5) is 10.3. The van der Waals surface area contributed by atoms with Crippen LogP contribution in [0.2, 0.25) is 0 Å². The van der Waals surface area contributed by atoms with E-state index in [9.17, 15) is 10.1 Å². The molecule has 0 aromatic heterocycles. The maximum Gasteiger partial charge on any atom is 0.311 e. The summed E-state index contributed by atoms with van der Waals surface area (Å²) in [6.45, 7) is 0.430. The molecule has 6 heteroatoms. The summed E-state index contributed by atoms with van der Waals surface area (Å²) in [6, 6.07) is 4.43. The molecule has 1 aromatic carbocycles. The van der Waals surface area contributed by atoms with Gasteiger partial charge in [-0.05, 0) is 12.5 Å². The van der Waals surface area contributed by atoms with E-state index in [0.29, 0.717) is 12.4 Å². The van der Waals surface area contributed by atoms with Crippen molar-refractivity contribution in [1.29, 1.82) is 0 Å². The fourth-order valence-corrected chi connectivity index (χ4v) is 1.35. The average molecular weight is 290 g/mol. The number of hydrogen-bond donors (Lipinski definition) is 0. The lowest BCUT2D eigenvalue weighted by molar-refractivity contribution is -0.385. The van der Waals surface area contributed by atoms with Gasteiger partial charge in [0.2, 0.25) is 5.75 Å². The van der Waals surface area contributed by atoms with Gasteiger partial charge in [-0.3, -0.25) is 10.1 Å². The van der Waals surface area contributed by atoms with Gasteiger partial charge < -0.3 is 9.47 Å². The van der Waals surface area contributed by atoms with Crippen molar-refractivity contribution in [3.8, 4) is 11.5 Å². The number of nitrogens with zero attached hydrogens (tertiary/aromatic N) is 1. The van der Waals surface area contributed by atoms with E-state index in [1.165, 1.54) is 25.3 Å². The fourth-order valence-electron chi connectivity index (χ4n) is 1.12. The largest absolute Gasteiger partial charge is 0.497 e. The molecule has 1 rings (SSSR count). The van der Waals surface area contributed by atoms with Crippen LogP contribution in [0, 0.1) is 10.1 Å². The van der Waals surface area contributed by atoms with Gasteiger partial charge in [-0.25, -0.2) is 0 Å². The smallest absolute Gasteiger partial charge is 0.311 e. The minimum Gasteiger partial charge on any atom is -0.497 e. The third kappa shape index (κ3) is 3.37. The fraction of sp³-hybridized carbons (Fsp3) is 0.400. The van der Waals surface area contributed by atoms with Crippen LogP contribution in [-0.4, -0.2) is 24.0 Å². The molecule has 0 saturated heterocycles. The maximum absolute atomic E-state index is 10.7. The Kier molecular flexibility index (Phi) is 5.04. The molecule has 0 spiro atoms. The standard InChI is InChI=1S/C10H12BrNO4/c1-15-8-3-4-9(12(13)14)10(7-8)16-6-2-5-11/h3-4,7H,2,5-6H2,1H3. The number of halogens is 1. The number of alkyl halides is 1. The summed E-state index contributed by atoms with van der Waals surface area (Å²) in [6.07, 6.45) is 0.786. The van der Waals surface area contributed by atoms with Gasteiger partial charge in [-0.1, -0.05) is 15.9 Å². The van der Waals surface area contributed by atoms with Crippen LogP contribution < -0.4 is 9.47 Å². The first-order valence-corrected chi connectivity index (χ1v) is 5.82. The van der Waals surface area contributed by atoms with E-state index in [-0.39, 0.29) is 11.4 Å². The van der Waals surface area contributed by atoms with Gasteiger partial charge in [0.25, 0.3) is 0 Å². The van der Waals surface area contributed by atoms with Crippen molar-refractivity contribution < 1.29 is 14.4 Å². The Morgan fingerprint density at radius 2 is 2.25 bits per heavy atom. The summed E-state index contributed by atoms with van der Waals surface area (Å²) < 4.78 is 10.3. The van der Waals surface area contributed by atoms with Crippen LogP contribution in [0.15, 0.2) is 18.2 Å². The van der Waals surface area contributed by atoms with Gasteiger partial charge >= 0.3 is 5.69 Å². The molecule has 0 heterocycles. The Balaban J connectivity index is 2.87. The van der Waals surface area contributed by atoms with Crippen molar-refractivity contribution in [1.82, 2.24) is 0 Å². The number of nitro groups is 1.